The van der Waals surface area contributed by atoms with E-state index in [0.717, 1.165) is 11.3 Å². The summed E-state index contributed by atoms with van der Waals surface area (Å²) in [7, 11) is 0. The molecule has 0 saturated heterocycles. The predicted octanol–water partition coefficient (Wildman–Crippen LogP) is 3.85. The van der Waals surface area contributed by atoms with Gasteiger partial charge in [-0.25, -0.2) is 4.39 Å². The third-order valence-electron chi connectivity index (χ3n) is 2.10. The first kappa shape index (κ1) is 10.1. The van der Waals surface area contributed by atoms with Crippen LogP contribution >= 0.6 is 11.6 Å². The van der Waals surface area contributed by atoms with Crippen LogP contribution in [0.15, 0.2) is 36.4 Å². The van der Waals surface area contributed by atoms with Crippen molar-refractivity contribution in [3.8, 4) is 11.3 Å². The Bertz CT molecular complexity index is 479. The standard InChI is InChI=1S/C12H9ClFN/c1-8-2-7-11(14)12(15-8)9-3-5-10(13)6-4-9/h2-7H,1H3. The van der Waals surface area contributed by atoms with Crippen LogP contribution in [-0.2, 0) is 0 Å². The summed E-state index contributed by atoms with van der Waals surface area (Å²) in [4.78, 5) is 4.15. The summed E-state index contributed by atoms with van der Waals surface area (Å²) in [5, 5.41) is 0.631. The van der Waals surface area contributed by atoms with Gasteiger partial charge in [-0.05, 0) is 31.2 Å². The van der Waals surface area contributed by atoms with Gasteiger partial charge >= 0.3 is 0 Å². The smallest absolute Gasteiger partial charge is 0.149 e. The molecule has 0 saturated carbocycles. The van der Waals surface area contributed by atoms with Crippen molar-refractivity contribution in [2.75, 3.05) is 0 Å². The quantitative estimate of drug-likeness (QED) is 0.713. The zero-order chi connectivity index (χ0) is 10.8. The van der Waals surface area contributed by atoms with Crippen LogP contribution in [0.3, 0.4) is 0 Å². The van der Waals surface area contributed by atoms with Crippen LogP contribution < -0.4 is 0 Å². The van der Waals surface area contributed by atoms with Crippen molar-refractivity contribution in [2.45, 2.75) is 6.92 Å². The Labute approximate surface area is 92.5 Å². The molecule has 0 fully saturated rings. The molecule has 2 aromatic rings. The maximum Gasteiger partial charge on any atom is 0.149 e. The highest BCUT2D eigenvalue weighted by Gasteiger charge is 2.06. The molecular weight excluding hydrogens is 213 g/mol. The fraction of sp³-hybridized carbons (Fsp3) is 0.0833. The van der Waals surface area contributed by atoms with E-state index in [1.807, 2.05) is 6.92 Å². The van der Waals surface area contributed by atoms with Gasteiger partial charge in [0.2, 0.25) is 0 Å². The number of hydrogen-bond acceptors (Lipinski definition) is 1. The van der Waals surface area contributed by atoms with Gasteiger partial charge in [-0.15, -0.1) is 0 Å². The van der Waals surface area contributed by atoms with E-state index in [-0.39, 0.29) is 5.82 Å². The molecule has 1 heterocycles. The van der Waals surface area contributed by atoms with Gasteiger partial charge in [-0.2, -0.15) is 0 Å². The first-order chi connectivity index (χ1) is 7.16. The fourth-order valence-corrected chi connectivity index (χ4v) is 1.48. The third-order valence-corrected chi connectivity index (χ3v) is 2.35. The summed E-state index contributed by atoms with van der Waals surface area (Å²) in [5.74, 6) is -0.317. The molecule has 0 atom stereocenters. The second-order valence-electron chi connectivity index (χ2n) is 3.29. The van der Waals surface area contributed by atoms with Gasteiger partial charge in [0.1, 0.15) is 11.5 Å². The van der Waals surface area contributed by atoms with Crippen molar-refractivity contribution in [2.24, 2.45) is 0 Å². The normalized spacial score (nSPS) is 10.3. The van der Waals surface area contributed by atoms with Gasteiger partial charge in [0.05, 0.1) is 0 Å². The Morgan fingerprint density at radius 1 is 1.07 bits per heavy atom. The molecular formula is C12H9ClFN. The number of aryl methyl sites for hydroxylation is 1. The van der Waals surface area contributed by atoms with E-state index >= 15 is 0 Å². The van der Waals surface area contributed by atoms with Crippen LogP contribution in [0.1, 0.15) is 5.69 Å². The Balaban J connectivity index is 2.53. The van der Waals surface area contributed by atoms with E-state index in [0.29, 0.717) is 10.7 Å². The molecule has 2 rings (SSSR count). The minimum atomic E-state index is -0.317. The Morgan fingerprint density at radius 2 is 1.73 bits per heavy atom. The zero-order valence-electron chi connectivity index (χ0n) is 8.17. The van der Waals surface area contributed by atoms with Crippen molar-refractivity contribution in [3.63, 3.8) is 0 Å². The Morgan fingerprint density at radius 3 is 2.40 bits per heavy atom. The van der Waals surface area contributed by atoms with Crippen LogP contribution in [0.5, 0.6) is 0 Å². The van der Waals surface area contributed by atoms with Gasteiger partial charge in [-0.3, -0.25) is 4.98 Å². The molecule has 0 amide bonds. The van der Waals surface area contributed by atoms with E-state index in [1.165, 1.54) is 6.07 Å². The molecule has 0 spiro atoms. The van der Waals surface area contributed by atoms with Gasteiger partial charge in [0, 0.05) is 16.3 Å². The topological polar surface area (TPSA) is 12.9 Å². The van der Waals surface area contributed by atoms with Crippen molar-refractivity contribution < 1.29 is 4.39 Å². The number of aromatic nitrogens is 1. The van der Waals surface area contributed by atoms with Crippen molar-refractivity contribution in [1.29, 1.82) is 0 Å². The molecule has 1 aromatic carbocycles. The summed E-state index contributed by atoms with van der Waals surface area (Å²) >= 11 is 5.76. The number of hydrogen-bond donors (Lipinski definition) is 0. The van der Waals surface area contributed by atoms with E-state index in [1.54, 1.807) is 30.3 Å². The first-order valence-corrected chi connectivity index (χ1v) is 4.94. The molecule has 1 nitrogen and oxygen atoms in total. The lowest BCUT2D eigenvalue weighted by molar-refractivity contribution is 0.624. The average Bonchev–Trinajstić information content (AvgIpc) is 2.23. The summed E-state index contributed by atoms with van der Waals surface area (Å²) < 4.78 is 13.5. The molecule has 76 valence electrons. The fourth-order valence-electron chi connectivity index (χ4n) is 1.35. The van der Waals surface area contributed by atoms with E-state index in [2.05, 4.69) is 4.98 Å². The monoisotopic (exact) mass is 221 g/mol. The van der Waals surface area contributed by atoms with Gasteiger partial charge < -0.3 is 0 Å². The summed E-state index contributed by atoms with van der Waals surface area (Å²) in [5.41, 5.74) is 1.90. The second kappa shape index (κ2) is 3.99. The second-order valence-corrected chi connectivity index (χ2v) is 3.73. The van der Waals surface area contributed by atoms with E-state index < -0.39 is 0 Å². The number of nitrogens with zero attached hydrogens (tertiary/aromatic N) is 1. The van der Waals surface area contributed by atoms with Crippen LogP contribution in [0.25, 0.3) is 11.3 Å². The summed E-state index contributed by atoms with van der Waals surface area (Å²) in [6, 6.07) is 10.0. The SMILES string of the molecule is Cc1ccc(F)c(-c2ccc(Cl)cc2)n1. The van der Waals surface area contributed by atoms with Gasteiger partial charge in [0.15, 0.2) is 0 Å². The van der Waals surface area contributed by atoms with Crippen molar-refractivity contribution in [1.82, 2.24) is 4.98 Å². The highest BCUT2D eigenvalue weighted by Crippen LogP contribution is 2.22. The molecule has 0 bridgehead atoms. The molecule has 0 aliphatic rings. The largest absolute Gasteiger partial charge is 0.250 e. The van der Waals surface area contributed by atoms with Gasteiger partial charge in [0.25, 0.3) is 0 Å². The van der Waals surface area contributed by atoms with Crippen LogP contribution in [0.2, 0.25) is 5.02 Å². The molecule has 0 aliphatic heterocycles. The van der Waals surface area contributed by atoms with E-state index in [4.69, 9.17) is 11.6 Å². The average molecular weight is 222 g/mol. The third kappa shape index (κ3) is 2.16. The van der Waals surface area contributed by atoms with Crippen LogP contribution in [0.4, 0.5) is 4.39 Å². The van der Waals surface area contributed by atoms with Crippen molar-refractivity contribution >= 4 is 11.6 Å². The minimum Gasteiger partial charge on any atom is -0.250 e. The molecule has 0 aliphatic carbocycles. The number of pyridine rings is 1. The molecule has 0 unspecified atom stereocenters. The maximum absolute atomic E-state index is 13.5. The van der Waals surface area contributed by atoms with Crippen LogP contribution in [0, 0.1) is 12.7 Å². The lowest BCUT2D eigenvalue weighted by atomic mass is 10.1. The van der Waals surface area contributed by atoms with Gasteiger partial charge in [-0.1, -0.05) is 23.7 Å². The number of rotatable bonds is 1. The van der Waals surface area contributed by atoms with E-state index in [9.17, 15) is 4.39 Å². The highest BCUT2D eigenvalue weighted by molar-refractivity contribution is 6.30. The molecule has 3 heteroatoms. The number of halogens is 2. The zero-order valence-corrected chi connectivity index (χ0v) is 8.92. The molecule has 1 aromatic heterocycles. The summed E-state index contributed by atoms with van der Waals surface area (Å²) in [6.45, 7) is 1.83. The Kier molecular flexibility index (Phi) is 2.69. The molecule has 0 N–H and O–H groups in total. The first-order valence-electron chi connectivity index (χ1n) is 4.56. The Hall–Kier alpha value is -1.41. The number of benzene rings is 1. The minimum absolute atomic E-state index is 0.317. The predicted molar refractivity (Wildman–Crippen MR) is 59.4 cm³/mol. The maximum atomic E-state index is 13.5. The van der Waals surface area contributed by atoms with Crippen LogP contribution in [-0.4, -0.2) is 4.98 Å². The lowest BCUT2D eigenvalue weighted by Gasteiger charge is -2.03. The van der Waals surface area contributed by atoms with Crippen molar-refractivity contribution in [3.05, 3.63) is 52.9 Å². The summed E-state index contributed by atoms with van der Waals surface area (Å²) in [6.07, 6.45) is 0. The molecule has 15 heavy (non-hydrogen) atoms. The lowest BCUT2D eigenvalue weighted by Crippen LogP contribution is -1.91. The molecule has 0 radical (unpaired) electrons. The highest BCUT2D eigenvalue weighted by atomic mass is 35.5.